The van der Waals surface area contributed by atoms with Gasteiger partial charge in [0.1, 0.15) is 0 Å². The van der Waals surface area contributed by atoms with Crippen molar-refractivity contribution >= 4 is 5.69 Å². The third kappa shape index (κ3) is 3.97. The van der Waals surface area contributed by atoms with Crippen molar-refractivity contribution in [2.45, 2.75) is 52.3 Å². The predicted octanol–water partition coefficient (Wildman–Crippen LogP) is 3.11. The van der Waals surface area contributed by atoms with Crippen molar-refractivity contribution < 1.29 is 4.74 Å². The van der Waals surface area contributed by atoms with Gasteiger partial charge in [-0.2, -0.15) is 0 Å². The van der Waals surface area contributed by atoms with E-state index >= 15 is 0 Å². The van der Waals surface area contributed by atoms with Crippen LogP contribution in [0.3, 0.4) is 0 Å². The first-order valence-electron chi connectivity index (χ1n) is 7.71. The second-order valence-corrected chi connectivity index (χ2v) is 6.11. The van der Waals surface area contributed by atoms with Crippen molar-refractivity contribution in [3.05, 3.63) is 29.3 Å². The molecule has 20 heavy (non-hydrogen) atoms. The zero-order chi connectivity index (χ0) is 14.5. The van der Waals surface area contributed by atoms with Gasteiger partial charge in [0.2, 0.25) is 0 Å². The second-order valence-electron chi connectivity index (χ2n) is 6.11. The summed E-state index contributed by atoms with van der Waals surface area (Å²) in [5, 5.41) is 3.54. The molecule has 1 fully saturated rings. The summed E-state index contributed by atoms with van der Waals surface area (Å²) < 4.78 is 5.55. The van der Waals surface area contributed by atoms with E-state index in [4.69, 9.17) is 4.74 Å². The zero-order valence-corrected chi connectivity index (χ0v) is 13.3. The van der Waals surface area contributed by atoms with Gasteiger partial charge in [-0.3, -0.25) is 0 Å². The number of hydrogen-bond donors (Lipinski definition) is 1. The molecule has 1 aliphatic heterocycles. The number of benzene rings is 1. The van der Waals surface area contributed by atoms with E-state index in [0.29, 0.717) is 12.1 Å². The molecule has 0 spiro atoms. The van der Waals surface area contributed by atoms with E-state index in [2.05, 4.69) is 49.2 Å². The maximum absolute atomic E-state index is 5.55. The smallest absolute Gasteiger partial charge is 0.0746 e. The molecule has 0 amide bonds. The molecule has 0 aliphatic carbocycles. The molecular formula is C17H28N2O. The number of hydrogen-bond acceptors (Lipinski definition) is 3. The Bertz CT molecular complexity index is 431. The molecule has 3 nitrogen and oxygen atoms in total. The van der Waals surface area contributed by atoms with Gasteiger partial charge in [-0.1, -0.05) is 31.5 Å². The van der Waals surface area contributed by atoms with Gasteiger partial charge >= 0.3 is 0 Å². The van der Waals surface area contributed by atoms with Crippen LogP contribution < -0.4 is 10.2 Å². The molecule has 2 rings (SSSR count). The number of piperidine rings is 1. The summed E-state index contributed by atoms with van der Waals surface area (Å²) in [7, 11) is 1.82. The fourth-order valence-corrected chi connectivity index (χ4v) is 2.83. The van der Waals surface area contributed by atoms with Gasteiger partial charge < -0.3 is 15.0 Å². The van der Waals surface area contributed by atoms with Gasteiger partial charge in [0, 0.05) is 38.5 Å². The fourth-order valence-electron chi connectivity index (χ4n) is 2.83. The standard InChI is InChI=1S/C17H28N2O/c1-13(2)18-11-15-10-14(3)7-8-17(15)19-9-5-6-16(12-19)20-4/h7-8,10,13,16,18H,5-6,9,11-12H2,1-4H3. The molecule has 1 heterocycles. The van der Waals surface area contributed by atoms with Gasteiger partial charge in [0.15, 0.2) is 0 Å². The Morgan fingerprint density at radius 3 is 2.90 bits per heavy atom. The maximum Gasteiger partial charge on any atom is 0.0746 e. The first-order valence-corrected chi connectivity index (χ1v) is 7.71. The predicted molar refractivity (Wildman–Crippen MR) is 85.4 cm³/mol. The van der Waals surface area contributed by atoms with Gasteiger partial charge in [-0.25, -0.2) is 0 Å². The molecule has 1 aromatic carbocycles. The van der Waals surface area contributed by atoms with E-state index in [1.807, 2.05) is 7.11 Å². The van der Waals surface area contributed by atoms with Crippen molar-refractivity contribution in [1.29, 1.82) is 0 Å². The lowest BCUT2D eigenvalue weighted by atomic mass is 10.0. The van der Waals surface area contributed by atoms with Gasteiger partial charge in [-0.05, 0) is 31.4 Å². The van der Waals surface area contributed by atoms with Crippen LogP contribution >= 0.6 is 0 Å². The lowest BCUT2D eigenvalue weighted by molar-refractivity contribution is 0.0893. The summed E-state index contributed by atoms with van der Waals surface area (Å²) in [6.07, 6.45) is 2.76. The van der Waals surface area contributed by atoms with Gasteiger partial charge in [-0.15, -0.1) is 0 Å². The Kier molecular flexibility index (Phi) is 5.44. The van der Waals surface area contributed by atoms with Crippen molar-refractivity contribution in [3.8, 4) is 0 Å². The number of aryl methyl sites for hydroxylation is 1. The Labute approximate surface area is 123 Å². The summed E-state index contributed by atoms with van der Waals surface area (Å²) >= 11 is 0. The summed E-state index contributed by atoms with van der Waals surface area (Å²) in [6, 6.07) is 7.30. The molecule has 1 atom stereocenters. The highest BCUT2D eigenvalue weighted by molar-refractivity contribution is 5.55. The zero-order valence-electron chi connectivity index (χ0n) is 13.3. The number of ether oxygens (including phenoxy) is 1. The molecule has 1 saturated heterocycles. The third-order valence-electron chi connectivity index (χ3n) is 3.99. The number of nitrogens with one attached hydrogen (secondary N) is 1. The Balaban J connectivity index is 2.16. The molecule has 0 aromatic heterocycles. The molecule has 1 aromatic rings. The summed E-state index contributed by atoms with van der Waals surface area (Å²) in [4.78, 5) is 2.48. The minimum atomic E-state index is 0.371. The normalized spacial score (nSPS) is 19.6. The minimum absolute atomic E-state index is 0.371. The summed E-state index contributed by atoms with van der Waals surface area (Å²) in [5.74, 6) is 0. The quantitative estimate of drug-likeness (QED) is 0.894. The van der Waals surface area contributed by atoms with E-state index in [1.54, 1.807) is 0 Å². The molecule has 0 saturated carbocycles. The molecule has 0 radical (unpaired) electrons. The van der Waals surface area contributed by atoms with Crippen LogP contribution in [0, 0.1) is 6.92 Å². The first kappa shape index (κ1) is 15.3. The lowest BCUT2D eigenvalue weighted by Crippen LogP contribution is -2.40. The molecular weight excluding hydrogens is 248 g/mol. The third-order valence-corrected chi connectivity index (χ3v) is 3.99. The number of methoxy groups -OCH3 is 1. The topological polar surface area (TPSA) is 24.5 Å². The Hall–Kier alpha value is -1.06. The fraction of sp³-hybridized carbons (Fsp3) is 0.647. The van der Waals surface area contributed by atoms with Crippen molar-refractivity contribution in [1.82, 2.24) is 5.32 Å². The van der Waals surface area contributed by atoms with E-state index in [1.165, 1.54) is 29.7 Å². The van der Waals surface area contributed by atoms with E-state index in [9.17, 15) is 0 Å². The Morgan fingerprint density at radius 2 is 2.20 bits per heavy atom. The number of rotatable bonds is 5. The van der Waals surface area contributed by atoms with E-state index in [0.717, 1.165) is 19.6 Å². The van der Waals surface area contributed by atoms with Crippen molar-refractivity contribution in [2.24, 2.45) is 0 Å². The van der Waals surface area contributed by atoms with Crippen LogP contribution in [0.4, 0.5) is 5.69 Å². The largest absolute Gasteiger partial charge is 0.380 e. The van der Waals surface area contributed by atoms with Crippen LogP contribution in [-0.4, -0.2) is 32.3 Å². The average Bonchev–Trinajstić information content (AvgIpc) is 2.45. The van der Waals surface area contributed by atoms with Crippen LogP contribution in [0.25, 0.3) is 0 Å². The lowest BCUT2D eigenvalue weighted by Gasteiger charge is -2.35. The maximum atomic E-state index is 5.55. The first-order chi connectivity index (χ1) is 9.60. The van der Waals surface area contributed by atoms with E-state index in [-0.39, 0.29) is 0 Å². The Morgan fingerprint density at radius 1 is 1.40 bits per heavy atom. The van der Waals surface area contributed by atoms with Crippen molar-refractivity contribution in [3.63, 3.8) is 0 Å². The van der Waals surface area contributed by atoms with Crippen LogP contribution in [-0.2, 0) is 11.3 Å². The average molecular weight is 276 g/mol. The highest BCUT2D eigenvalue weighted by Crippen LogP contribution is 2.26. The second kappa shape index (κ2) is 7.09. The highest BCUT2D eigenvalue weighted by Gasteiger charge is 2.21. The van der Waals surface area contributed by atoms with Crippen LogP contribution in [0.5, 0.6) is 0 Å². The SMILES string of the molecule is COC1CCCN(c2ccc(C)cc2CNC(C)C)C1. The monoisotopic (exact) mass is 276 g/mol. The van der Waals surface area contributed by atoms with Crippen LogP contribution in [0.15, 0.2) is 18.2 Å². The molecule has 3 heteroatoms. The van der Waals surface area contributed by atoms with Crippen LogP contribution in [0.1, 0.15) is 37.8 Å². The summed E-state index contributed by atoms with van der Waals surface area (Å²) in [6.45, 7) is 9.63. The molecule has 1 unspecified atom stereocenters. The molecule has 0 bridgehead atoms. The van der Waals surface area contributed by atoms with Crippen LogP contribution in [0.2, 0.25) is 0 Å². The van der Waals surface area contributed by atoms with Gasteiger partial charge in [0.05, 0.1) is 6.10 Å². The molecule has 1 aliphatic rings. The number of anilines is 1. The minimum Gasteiger partial charge on any atom is -0.380 e. The van der Waals surface area contributed by atoms with E-state index < -0.39 is 0 Å². The highest BCUT2D eigenvalue weighted by atomic mass is 16.5. The summed E-state index contributed by atoms with van der Waals surface area (Å²) in [5.41, 5.74) is 4.09. The van der Waals surface area contributed by atoms with Gasteiger partial charge in [0.25, 0.3) is 0 Å². The number of nitrogens with zero attached hydrogens (tertiary/aromatic N) is 1. The molecule has 1 N–H and O–H groups in total. The van der Waals surface area contributed by atoms with Crippen molar-refractivity contribution in [2.75, 3.05) is 25.1 Å². The molecule has 112 valence electrons.